The first-order chi connectivity index (χ1) is 13.8. The van der Waals surface area contributed by atoms with Crippen molar-refractivity contribution in [2.45, 2.75) is 31.9 Å². The van der Waals surface area contributed by atoms with Gasteiger partial charge in [0.15, 0.2) is 0 Å². The molecule has 2 aromatic carbocycles. The van der Waals surface area contributed by atoms with E-state index in [1.54, 1.807) is 0 Å². The first-order valence-electron chi connectivity index (χ1n) is 10.7. The van der Waals surface area contributed by atoms with Crippen LogP contribution in [-0.2, 0) is 11.3 Å². The number of hydrogen-bond acceptors (Lipinski definition) is 5. The van der Waals surface area contributed by atoms with E-state index in [4.69, 9.17) is 15.2 Å². The van der Waals surface area contributed by atoms with Crippen molar-refractivity contribution in [3.8, 4) is 5.75 Å². The van der Waals surface area contributed by atoms with Gasteiger partial charge in [-0.3, -0.25) is 4.90 Å². The highest BCUT2D eigenvalue weighted by Crippen LogP contribution is 2.30. The van der Waals surface area contributed by atoms with E-state index < -0.39 is 0 Å². The molecule has 2 fully saturated rings. The van der Waals surface area contributed by atoms with Gasteiger partial charge < -0.3 is 20.1 Å². The molecule has 0 radical (unpaired) electrons. The zero-order valence-corrected chi connectivity index (χ0v) is 16.8. The van der Waals surface area contributed by atoms with Crippen molar-refractivity contribution < 1.29 is 9.47 Å². The Morgan fingerprint density at radius 2 is 1.86 bits per heavy atom. The third-order valence-corrected chi connectivity index (χ3v) is 5.97. The minimum Gasteiger partial charge on any atom is -0.491 e. The summed E-state index contributed by atoms with van der Waals surface area (Å²) in [6.45, 7) is 8.79. The van der Waals surface area contributed by atoms with Crippen molar-refractivity contribution in [3.63, 3.8) is 0 Å². The molecule has 0 spiro atoms. The molecule has 2 heterocycles. The zero-order valence-electron chi connectivity index (χ0n) is 16.8. The molecule has 5 heteroatoms. The topological polar surface area (TPSA) is 51.0 Å². The first kappa shape index (κ1) is 19.6. The van der Waals surface area contributed by atoms with Crippen LogP contribution in [0.3, 0.4) is 0 Å². The Balaban J connectivity index is 1.47. The lowest BCUT2D eigenvalue weighted by atomic mass is 10.0. The maximum Gasteiger partial charge on any atom is 0.124 e. The summed E-state index contributed by atoms with van der Waals surface area (Å²) in [6, 6.07) is 13.0. The second kappa shape index (κ2) is 9.70. The molecule has 2 N–H and O–H groups in total. The van der Waals surface area contributed by atoms with Crippen LogP contribution < -0.4 is 10.5 Å². The highest BCUT2D eigenvalue weighted by Gasteiger charge is 2.21. The van der Waals surface area contributed by atoms with E-state index in [1.165, 1.54) is 16.3 Å². The lowest BCUT2D eigenvalue weighted by Crippen LogP contribution is -2.46. The molecule has 0 aliphatic carbocycles. The lowest BCUT2D eigenvalue weighted by Gasteiger charge is -2.35. The number of hydrogen-bond donors (Lipinski definition) is 1. The van der Waals surface area contributed by atoms with Crippen LogP contribution in [-0.4, -0.2) is 68.4 Å². The second-order valence-corrected chi connectivity index (χ2v) is 7.97. The predicted molar refractivity (Wildman–Crippen MR) is 114 cm³/mol. The van der Waals surface area contributed by atoms with Gasteiger partial charge in [0.1, 0.15) is 12.4 Å². The van der Waals surface area contributed by atoms with Crippen LogP contribution in [0, 0.1) is 0 Å². The van der Waals surface area contributed by atoms with Crippen molar-refractivity contribution >= 4 is 10.8 Å². The largest absolute Gasteiger partial charge is 0.491 e. The summed E-state index contributed by atoms with van der Waals surface area (Å²) in [4.78, 5) is 5.08. The fourth-order valence-electron chi connectivity index (χ4n) is 4.28. The van der Waals surface area contributed by atoms with Gasteiger partial charge in [-0.1, -0.05) is 30.3 Å². The van der Waals surface area contributed by atoms with Crippen LogP contribution >= 0.6 is 0 Å². The average molecular weight is 384 g/mol. The number of benzene rings is 2. The van der Waals surface area contributed by atoms with E-state index in [0.29, 0.717) is 6.61 Å². The molecule has 0 bridgehead atoms. The van der Waals surface area contributed by atoms with Gasteiger partial charge in [-0.25, -0.2) is 0 Å². The maximum atomic E-state index is 6.27. The molecule has 28 heavy (non-hydrogen) atoms. The number of rotatable bonds is 8. The molecule has 2 aliphatic rings. The number of ether oxygens (including phenoxy) is 2. The molecule has 2 aliphatic heterocycles. The Morgan fingerprint density at radius 3 is 2.64 bits per heavy atom. The van der Waals surface area contributed by atoms with Crippen molar-refractivity contribution in [1.82, 2.24) is 9.80 Å². The van der Waals surface area contributed by atoms with Gasteiger partial charge in [-0.15, -0.1) is 0 Å². The molecule has 0 amide bonds. The quantitative estimate of drug-likeness (QED) is 0.760. The van der Waals surface area contributed by atoms with Gasteiger partial charge in [0.05, 0.1) is 6.10 Å². The van der Waals surface area contributed by atoms with Crippen LogP contribution in [0.5, 0.6) is 5.75 Å². The molecule has 5 nitrogen and oxygen atoms in total. The highest BCUT2D eigenvalue weighted by atomic mass is 16.5. The minimum atomic E-state index is 0.241. The minimum absolute atomic E-state index is 0.241. The Labute approximate surface area is 168 Å². The van der Waals surface area contributed by atoms with Gasteiger partial charge in [0.2, 0.25) is 0 Å². The molecule has 2 saturated heterocycles. The standard InChI is InChI=1S/C23H33N3O2/c24-10-4-11-25-12-14-26(15-13-25)17-22-21-7-2-1-5-19(21)8-9-23(22)28-18-20-6-3-16-27-20/h1-2,5,7-9,20H,3-4,6,10-18,24H2. The van der Waals surface area contributed by atoms with Gasteiger partial charge in [0, 0.05) is 44.9 Å². The number of fused-ring (bicyclic) bond motifs is 1. The molecule has 152 valence electrons. The fourth-order valence-corrected chi connectivity index (χ4v) is 4.28. The summed E-state index contributed by atoms with van der Waals surface area (Å²) < 4.78 is 12.0. The Kier molecular flexibility index (Phi) is 6.81. The van der Waals surface area contributed by atoms with E-state index in [-0.39, 0.29) is 6.10 Å². The third-order valence-electron chi connectivity index (χ3n) is 5.97. The maximum absolute atomic E-state index is 6.27. The summed E-state index contributed by atoms with van der Waals surface area (Å²) in [7, 11) is 0. The normalized spacial score (nSPS) is 21.4. The highest BCUT2D eigenvalue weighted by molar-refractivity contribution is 5.87. The van der Waals surface area contributed by atoms with Crippen LogP contribution in [0.2, 0.25) is 0 Å². The van der Waals surface area contributed by atoms with Crippen molar-refractivity contribution in [1.29, 1.82) is 0 Å². The van der Waals surface area contributed by atoms with Crippen LogP contribution in [0.1, 0.15) is 24.8 Å². The molecule has 1 unspecified atom stereocenters. The lowest BCUT2D eigenvalue weighted by molar-refractivity contribution is 0.0670. The Morgan fingerprint density at radius 1 is 1.04 bits per heavy atom. The Bertz CT molecular complexity index is 753. The zero-order chi connectivity index (χ0) is 19.2. The summed E-state index contributed by atoms with van der Waals surface area (Å²) in [5.74, 6) is 1.01. The van der Waals surface area contributed by atoms with Gasteiger partial charge in [-0.2, -0.15) is 0 Å². The van der Waals surface area contributed by atoms with E-state index in [0.717, 1.165) is 77.4 Å². The number of piperazine rings is 1. The van der Waals surface area contributed by atoms with Gasteiger partial charge in [-0.05, 0) is 49.2 Å². The van der Waals surface area contributed by atoms with Crippen LogP contribution in [0.15, 0.2) is 36.4 Å². The third kappa shape index (κ3) is 4.84. The summed E-state index contributed by atoms with van der Waals surface area (Å²) >= 11 is 0. The molecule has 0 saturated carbocycles. The monoisotopic (exact) mass is 383 g/mol. The van der Waals surface area contributed by atoms with Gasteiger partial charge in [0.25, 0.3) is 0 Å². The number of nitrogens with two attached hydrogens (primary N) is 1. The summed E-state index contributed by atoms with van der Waals surface area (Å²) in [6.07, 6.45) is 3.58. The molecule has 2 aromatic rings. The average Bonchev–Trinajstić information content (AvgIpc) is 3.26. The first-order valence-corrected chi connectivity index (χ1v) is 10.7. The second-order valence-electron chi connectivity index (χ2n) is 7.97. The molecular formula is C23H33N3O2. The van der Waals surface area contributed by atoms with E-state index in [9.17, 15) is 0 Å². The Hall–Kier alpha value is -1.66. The van der Waals surface area contributed by atoms with Gasteiger partial charge >= 0.3 is 0 Å². The van der Waals surface area contributed by atoms with Crippen LogP contribution in [0.4, 0.5) is 0 Å². The summed E-state index contributed by atoms with van der Waals surface area (Å²) in [5.41, 5.74) is 6.97. The molecule has 4 rings (SSSR count). The van der Waals surface area contributed by atoms with E-state index >= 15 is 0 Å². The van der Waals surface area contributed by atoms with Crippen molar-refractivity contribution in [3.05, 3.63) is 42.0 Å². The number of nitrogens with zero attached hydrogens (tertiary/aromatic N) is 2. The molecular weight excluding hydrogens is 350 g/mol. The van der Waals surface area contributed by atoms with Crippen molar-refractivity contribution in [2.75, 3.05) is 52.5 Å². The molecule has 1 atom stereocenters. The smallest absolute Gasteiger partial charge is 0.124 e. The van der Waals surface area contributed by atoms with E-state index in [2.05, 4.69) is 46.2 Å². The predicted octanol–water partition coefficient (Wildman–Crippen LogP) is 2.86. The van der Waals surface area contributed by atoms with E-state index in [1.807, 2.05) is 0 Å². The van der Waals surface area contributed by atoms with Crippen molar-refractivity contribution in [2.24, 2.45) is 5.73 Å². The molecule has 0 aromatic heterocycles. The summed E-state index contributed by atoms with van der Waals surface area (Å²) in [5, 5.41) is 2.58. The fraction of sp³-hybridized carbons (Fsp3) is 0.565. The van der Waals surface area contributed by atoms with Crippen LogP contribution in [0.25, 0.3) is 10.8 Å². The SMILES string of the molecule is NCCCN1CCN(Cc2c(OCC3CCCO3)ccc3ccccc23)CC1.